The summed E-state index contributed by atoms with van der Waals surface area (Å²) in [5.41, 5.74) is 1.46. The van der Waals surface area contributed by atoms with Gasteiger partial charge in [-0.15, -0.1) is 0 Å². The molecule has 0 radical (unpaired) electrons. The first-order chi connectivity index (χ1) is 11.6. The van der Waals surface area contributed by atoms with E-state index in [9.17, 15) is 9.90 Å². The normalized spacial score (nSPS) is 17.1. The van der Waals surface area contributed by atoms with Crippen LogP contribution in [0.5, 0.6) is 5.75 Å². The smallest absolute Gasteiger partial charge is 0.305 e. The first-order valence-corrected chi connectivity index (χ1v) is 8.02. The van der Waals surface area contributed by atoms with Gasteiger partial charge >= 0.3 is 5.97 Å². The van der Waals surface area contributed by atoms with Crippen LogP contribution in [0, 0.1) is 12.8 Å². The van der Waals surface area contributed by atoms with E-state index in [4.69, 9.17) is 4.74 Å². The zero-order valence-electron chi connectivity index (χ0n) is 13.9. The van der Waals surface area contributed by atoms with Crippen LogP contribution in [0.3, 0.4) is 0 Å². The average molecular weight is 327 g/mol. The Labute approximate surface area is 141 Å². The van der Waals surface area contributed by atoms with E-state index in [0.29, 0.717) is 17.8 Å². The number of carbonyl (C=O) groups excluding carboxylic acids is 1. The number of methoxy groups -OCH3 is 1. The van der Waals surface area contributed by atoms with Crippen molar-refractivity contribution in [2.24, 2.45) is 5.92 Å². The van der Waals surface area contributed by atoms with E-state index in [2.05, 4.69) is 14.9 Å². The van der Waals surface area contributed by atoms with Crippen LogP contribution < -0.4 is 4.90 Å². The predicted molar refractivity (Wildman–Crippen MR) is 90.8 cm³/mol. The van der Waals surface area contributed by atoms with Crippen LogP contribution in [0.2, 0.25) is 0 Å². The van der Waals surface area contributed by atoms with Gasteiger partial charge < -0.3 is 14.7 Å². The molecule has 3 rings (SSSR count). The third-order valence-electron chi connectivity index (χ3n) is 4.28. The minimum Gasteiger partial charge on any atom is -0.507 e. The number of aromatic hydroxyl groups is 1. The maximum Gasteiger partial charge on any atom is 0.305 e. The molecule has 1 fully saturated rings. The van der Waals surface area contributed by atoms with E-state index in [0.717, 1.165) is 31.0 Å². The van der Waals surface area contributed by atoms with E-state index in [-0.39, 0.29) is 17.6 Å². The molecule has 1 aliphatic rings. The van der Waals surface area contributed by atoms with Gasteiger partial charge in [-0.25, -0.2) is 9.97 Å². The lowest BCUT2D eigenvalue weighted by Crippen LogP contribution is -2.22. The summed E-state index contributed by atoms with van der Waals surface area (Å²) in [6, 6.07) is 8.99. The number of esters is 1. The predicted octanol–water partition coefficient (Wildman–Crippen LogP) is 2.55. The second-order valence-corrected chi connectivity index (χ2v) is 6.09. The molecular weight excluding hydrogens is 306 g/mol. The van der Waals surface area contributed by atoms with Crippen molar-refractivity contribution in [3.05, 3.63) is 36.0 Å². The number of rotatable bonds is 4. The summed E-state index contributed by atoms with van der Waals surface area (Å²) in [5.74, 6) is 1.61. The molecule has 0 spiro atoms. The minimum absolute atomic E-state index is 0.166. The Balaban J connectivity index is 1.83. The number of nitrogens with zero attached hydrogens (tertiary/aromatic N) is 3. The topological polar surface area (TPSA) is 75.5 Å². The number of anilines is 1. The van der Waals surface area contributed by atoms with Crippen LogP contribution in [0.25, 0.3) is 11.4 Å². The molecule has 24 heavy (non-hydrogen) atoms. The number of aromatic nitrogens is 2. The first-order valence-electron chi connectivity index (χ1n) is 8.02. The van der Waals surface area contributed by atoms with Crippen molar-refractivity contribution in [2.75, 3.05) is 25.1 Å². The number of para-hydroxylation sites is 1. The number of benzene rings is 1. The summed E-state index contributed by atoms with van der Waals surface area (Å²) in [4.78, 5) is 22.7. The number of carbonyl (C=O) groups is 1. The molecule has 1 atom stereocenters. The molecule has 0 unspecified atom stereocenters. The Morgan fingerprint density at radius 3 is 2.92 bits per heavy atom. The van der Waals surface area contributed by atoms with Crippen molar-refractivity contribution in [1.29, 1.82) is 0 Å². The quantitative estimate of drug-likeness (QED) is 0.870. The number of aryl methyl sites for hydroxylation is 1. The standard InChI is InChI=1S/C18H21N3O3/c1-12-9-16(21-8-7-13(11-21)10-17(23)24-2)20-18(19-12)14-5-3-4-6-15(14)22/h3-6,9,13,22H,7-8,10-11H2,1-2H3/t13-/m0/s1. The summed E-state index contributed by atoms with van der Waals surface area (Å²) < 4.78 is 4.75. The highest BCUT2D eigenvalue weighted by Crippen LogP contribution is 2.30. The number of hydrogen-bond donors (Lipinski definition) is 1. The fourth-order valence-corrected chi connectivity index (χ4v) is 3.02. The van der Waals surface area contributed by atoms with Crippen molar-refractivity contribution < 1.29 is 14.6 Å². The van der Waals surface area contributed by atoms with E-state index in [1.807, 2.05) is 19.1 Å². The third-order valence-corrected chi connectivity index (χ3v) is 4.28. The summed E-state index contributed by atoms with van der Waals surface area (Å²) in [6.07, 6.45) is 1.37. The van der Waals surface area contributed by atoms with Gasteiger partial charge in [0.1, 0.15) is 11.6 Å². The van der Waals surface area contributed by atoms with E-state index < -0.39 is 0 Å². The van der Waals surface area contributed by atoms with Crippen molar-refractivity contribution in [1.82, 2.24) is 9.97 Å². The maximum atomic E-state index is 11.4. The van der Waals surface area contributed by atoms with Crippen molar-refractivity contribution in [3.8, 4) is 17.1 Å². The van der Waals surface area contributed by atoms with Crippen LogP contribution in [0.1, 0.15) is 18.5 Å². The van der Waals surface area contributed by atoms with Crippen LogP contribution >= 0.6 is 0 Å². The molecule has 1 saturated heterocycles. The molecule has 0 amide bonds. The molecule has 1 aromatic carbocycles. The van der Waals surface area contributed by atoms with Crippen molar-refractivity contribution >= 4 is 11.8 Å². The van der Waals surface area contributed by atoms with Crippen molar-refractivity contribution in [2.45, 2.75) is 19.8 Å². The summed E-state index contributed by atoms with van der Waals surface area (Å²) in [7, 11) is 1.42. The first kappa shape index (κ1) is 16.2. The fourth-order valence-electron chi connectivity index (χ4n) is 3.02. The van der Waals surface area contributed by atoms with Crippen LogP contribution in [0.4, 0.5) is 5.82 Å². The van der Waals surface area contributed by atoms with Gasteiger partial charge in [-0.1, -0.05) is 12.1 Å². The Bertz CT molecular complexity index is 748. The summed E-state index contributed by atoms with van der Waals surface area (Å²) >= 11 is 0. The molecule has 1 aliphatic heterocycles. The molecule has 6 heteroatoms. The maximum absolute atomic E-state index is 11.4. The number of hydrogen-bond acceptors (Lipinski definition) is 6. The van der Waals surface area contributed by atoms with Gasteiger partial charge in [0.15, 0.2) is 5.82 Å². The highest BCUT2D eigenvalue weighted by atomic mass is 16.5. The largest absolute Gasteiger partial charge is 0.507 e. The monoisotopic (exact) mass is 327 g/mol. The zero-order chi connectivity index (χ0) is 17.1. The Morgan fingerprint density at radius 1 is 1.38 bits per heavy atom. The SMILES string of the molecule is COC(=O)C[C@@H]1CCN(c2cc(C)nc(-c3ccccc3O)n2)C1. The highest BCUT2D eigenvalue weighted by molar-refractivity contribution is 5.70. The zero-order valence-corrected chi connectivity index (χ0v) is 13.9. The number of phenolic OH excluding ortho intramolecular Hbond substituents is 1. The molecule has 126 valence electrons. The summed E-state index contributed by atoms with van der Waals surface area (Å²) in [5, 5.41) is 10.0. The van der Waals surface area contributed by atoms with Gasteiger partial charge in [-0.2, -0.15) is 0 Å². The molecule has 6 nitrogen and oxygen atoms in total. The van der Waals surface area contributed by atoms with Crippen LogP contribution in [0.15, 0.2) is 30.3 Å². The Kier molecular flexibility index (Phi) is 4.64. The van der Waals surface area contributed by atoms with Gasteiger partial charge in [0, 0.05) is 24.8 Å². The molecule has 2 heterocycles. The lowest BCUT2D eigenvalue weighted by molar-refractivity contribution is -0.141. The molecule has 0 saturated carbocycles. The minimum atomic E-state index is -0.171. The van der Waals surface area contributed by atoms with E-state index in [1.165, 1.54) is 7.11 Å². The van der Waals surface area contributed by atoms with Gasteiger partial charge in [-0.3, -0.25) is 4.79 Å². The van der Waals surface area contributed by atoms with Gasteiger partial charge in [0.2, 0.25) is 0 Å². The number of phenols is 1. The van der Waals surface area contributed by atoms with Crippen LogP contribution in [-0.2, 0) is 9.53 Å². The fraction of sp³-hybridized carbons (Fsp3) is 0.389. The molecule has 1 N–H and O–H groups in total. The number of ether oxygens (including phenoxy) is 1. The van der Waals surface area contributed by atoms with Crippen molar-refractivity contribution in [3.63, 3.8) is 0 Å². The molecule has 0 aliphatic carbocycles. The average Bonchev–Trinajstić information content (AvgIpc) is 3.03. The molecule has 2 aromatic rings. The van der Waals surface area contributed by atoms with E-state index in [1.54, 1.807) is 18.2 Å². The Morgan fingerprint density at radius 2 is 2.17 bits per heavy atom. The lowest BCUT2D eigenvalue weighted by atomic mass is 10.1. The Hall–Kier alpha value is -2.63. The van der Waals surface area contributed by atoms with E-state index >= 15 is 0 Å². The molecule has 0 bridgehead atoms. The third kappa shape index (κ3) is 3.48. The van der Waals surface area contributed by atoms with Gasteiger partial charge in [0.25, 0.3) is 0 Å². The van der Waals surface area contributed by atoms with Gasteiger partial charge in [-0.05, 0) is 31.4 Å². The second kappa shape index (κ2) is 6.86. The lowest BCUT2D eigenvalue weighted by Gasteiger charge is -2.18. The molecule has 1 aromatic heterocycles. The highest BCUT2D eigenvalue weighted by Gasteiger charge is 2.26. The van der Waals surface area contributed by atoms with Crippen LogP contribution in [-0.4, -0.2) is 41.2 Å². The molecular formula is C18H21N3O3. The second-order valence-electron chi connectivity index (χ2n) is 6.09. The summed E-state index contributed by atoms with van der Waals surface area (Å²) in [6.45, 7) is 3.53. The van der Waals surface area contributed by atoms with Gasteiger partial charge in [0.05, 0.1) is 19.1 Å².